The molecule has 0 saturated carbocycles. The highest BCUT2D eigenvalue weighted by Gasteiger charge is 2.13. The fourth-order valence-electron chi connectivity index (χ4n) is 1.76. The fraction of sp³-hybridized carbons (Fsp3) is 0.583. The van der Waals surface area contributed by atoms with Crippen LogP contribution in [0.4, 0.5) is 0 Å². The van der Waals surface area contributed by atoms with E-state index in [1.807, 2.05) is 0 Å². The number of amides is 1. The Morgan fingerprint density at radius 3 is 2.58 bits per heavy atom. The second-order valence-corrected chi connectivity index (χ2v) is 4.52. The van der Waals surface area contributed by atoms with Gasteiger partial charge in [0.1, 0.15) is 0 Å². The number of hydrogen-bond donors (Lipinski definition) is 1. The predicted molar refractivity (Wildman–Crippen MR) is 71.9 cm³/mol. The molecule has 1 amide bonds. The topological polar surface area (TPSA) is 76.3 Å². The molecule has 0 fully saturated rings. The first kappa shape index (κ1) is 15.2. The van der Waals surface area contributed by atoms with E-state index in [9.17, 15) is 14.4 Å². The largest absolute Gasteiger partial charge is 0.341 e. The van der Waals surface area contributed by atoms with Crippen LogP contribution in [0.5, 0.6) is 0 Å². The van der Waals surface area contributed by atoms with E-state index in [0.29, 0.717) is 18.5 Å². The highest BCUT2D eigenvalue weighted by atomic mass is 16.2. The number of carbonyl (C=O) groups excluding carboxylic acids is 1. The Labute approximate surface area is 111 Å². The van der Waals surface area contributed by atoms with Crippen LogP contribution in [0.3, 0.4) is 0 Å². The molecule has 106 valence electrons. The zero-order valence-electron chi connectivity index (χ0n) is 11.8. The normalized spacial score (nSPS) is 10.5. The van der Waals surface area contributed by atoms with Gasteiger partial charge >= 0.3 is 5.69 Å². The summed E-state index contributed by atoms with van der Waals surface area (Å²) in [6, 6.07) is 0. The maximum absolute atomic E-state index is 11.9. The lowest BCUT2D eigenvalue weighted by molar-refractivity contribution is -0.130. The van der Waals surface area contributed by atoms with Crippen LogP contribution in [0.2, 0.25) is 0 Å². The van der Waals surface area contributed by atoms with Crippen molar-refractivity contribution in [1.82, 2.24) is 19.4 Å². The Bertz CT molecular complexity index is 573. The molecule has 1 heterocycles. The Hall–Kier alpha value is -1.89. The molecule has 7 heteroatoms. The molecule has 0 spiro atoms. The first-order valence-corrected chi connectivity index (χ1v) is 6.02. The summed E-state index contributed by atoms with van der Waals surface area (Å²) in [5, 5.41) is 2.90. The third-order valence-corrected chi connectivity index (χ3v) is 2.94. The molecule has 0 atom stereocenters. The summed E-state index contributed by atoms with van der Waals surface area (Å²) in [5.74, 6) is -0.0507. The van der Waals surface area contributed by atoms with Gasteiger partial charge in [-0.2, -0.15) is 0 Å². The van der Waals surface area contributed by atoms with Gasteiger partial charge in [-0.15, -0.1) is 0 Å². The number of hydrogen-bond acceptors (Lipinski definition) is 4. The first-order valence-electron chi connectivity index (χ1n) is 6.02. The second kappa shape index (κ2) is 6.33. The quantitative estimate of drug-likeness (QED) is 0.716. The van der Waals surface area contributed by atoms with Gasteiger partial charge in [-0.05, 0) is 7.05 Å². The van der Waals surface area contributed by atoms with E-state index in [1.165, 1.54) is 22.7 Å². The molecule has 0 radical (unpaired) electrons. The summed E-state index contributed by atoms with van der Waals surface area (Å²) < 4.78 is 2.38. The molecular formula is C12H20N4O3. The van der Waals surface area contributed by atoms with Gasteiger partial charge in [0.25, 0.3) is 5.56 Å². The van der Waals surface area contributed by atoms with Crippen LogP contribution >= 0.6 is 0 Å². The van der Waals surface area contributed by atoms with E-state index < -0.39 is 0 Å². The smallest absolute Gasteiger partial charge is 0.330 e. The molecular weight excluding hydrogens is 248 g/mol. The van der Waals surface area contributed by atoms with Crippen molar-refractivity contribution in [3.63, 3.8) is 0 Å². The number of aryl methyl sites for hydroxylation is 1. The van der Waals surface area contributed by atoms with Crippen LogP contribution in [0.15, 0.2) is 15.8 Å². The first-order chi connectivity index (χ1) is 8.88. The Morgan fingerprint density at radius 2 is 2.00 bits per heavy atom. The summed E-state index contributed by atoms with van der Waals surface area (Å²) in [6.07, 6.45) is 1.85. The van der Waals surface area contributed by atoms with Gasteiger partial charge in [0.05, 0.1) is 12.1 Å². The standard InChI is InChI=1S/C12H20N4O3/c1-13-6-5-10(17)14(2)7-9-8-15(3)12(19)16(4)11(9)18/h8,13H,5-7H2,1-4H3. The Morgan fingerprint density at radius 1 is 1.37 bits per heavy atom. The molecule has 0 aliphatic carbocycles. The molecule has 1 N–H and O–H groups in total. The van der Waals surface area contributed by atoms with Crippen molar-refractivity contribution >= 4 is 5.91 Å². The van der Waals surface area contributed by atoms with Crippen LogP contribution in [-0.2, 0) is 25.4 Å². The lowest BCUT2D eigenvalue weighted by Crippen LogP contribution is -2.40. The van der Waals surface area contributed by atoms with Gasteiger partial charge in [-0.3, -0.25) is 14.2 Å². The van der Waals surface area contributed by atoms with Crippen molar-refractivity contribution in [2.75, 3.05) is 20.6 Å². The predicted octanol–water partition coefficient (Wildman–Crippen LogP) is -1.35. The van der Waals surface area contributed by atoms with Crippen molar-refractivity contribution < 1.29 is 4.79 Å². The summed E-state index contributed by atoms with van der Waals surface area (Å²) >= 11 is 0. The van der Waals surface area contributed by atoms with Crippen LogP contribution in [-0.4, -0.2) is 40.6 Å². The van der Waals surface area contributed by atoms with Crippen molar-refractivity contribution in [2.24, 2.45) is 14.1 Å². The molecule has 0 aromatic carbocycles. The molecule has 0 aliphatic heterocycles. The minimum absolute atomic E-state index is 0.0507. The Balaban J connectivity index is 2.92. The molecule has 0 unspecified atom stereocenters. The zero-order chi connectivity index (χ0) is 14.6. The number of nitrogens with zero attached hydrogens (tertiary/aromatic N) is 3. The van der Waals surface area contributed by atoms with Crippen LogP contribution in [0.1, 0.15) is 12.0 Å². The van der Waals surface area contributed by atoms with Crippen LogP contribution in [0.25, 0.3) is 0 Å². The highest BCUT2D eigenvalue weighted by Crippen LogP contribution is 1.98. The van der Waals surface area contributed by atoms with Gasteiger partial charge in [0.15, 0.2) is 0 Å². The number of rotatable bonds is 5. The minimum atomic E-state index is -0.377. The highest BCUT2D eigenvalue weighted by molar-refractivity contribution is 5.76. The lowest BCUT2D eigenvalue weighted by atomic mass is 10.3. The van der Waals surface area contributed by atoms with Crippen molar-refractivity contribution in [2.45, 2.75) is 13.0 Å². The zero-order valence-corrected chi connectivity index (χ0v) is 11.8. The second-order valence-electron chi connectivity index (χ2n) is 4.52. The van der Waals surface area contributed by atoms with Gasteiger partial charge in [-0.1, -0.05) is 0 Å². The average molecular weight is 268 g/mol. The van der Waals surface area contributed by atoms with Gasteiger partial charge < -0.3 is 14.8 Å². The van der Waals surface area contributed by atoms with Crippen LogP contribution in [0, 0.1) is 0 Å². The number of aromatic nitrogens is 2. The fourth-order valence-corrected chi connectivity index (χ4v) is 1.76. The molecule has 19 heavy (non-hydrogen) atoms. The molecule has 1 rings (SSSR count). The number of nitrogens with one attached hydrogen (secondary N) is 1. The van der Waals surface area contributed by atoms with E-state index in [1.54, 1.807) is 21.1 Å². The van der Waals surface area contributed by atoms with Gasteiger partial charge in [-0.25, -0.2) is 4.79 Å². The molecule has 0 aliphatic rings. The SMILES string of the molecule is CNCCC(=O)N(C)Cc1cn(C)c(=O)n(C)c1=O. The van der Waals surface area contributed by atoms with E-state index in [2.05, 4.69) is 5.32 Å². The molecule has 1 aromatic rings. The van der Waals surface area contributed by atoms with Crippen molar-refractivity contribution in [1.29, 1.82) is 0 Å². The summed E-state index contributed by atoms with van der Waals surface area (Å²) in [5.41, 5.74) is -0.320. The van der Waals surface area contributed by atoms with Crippen LogP contribution < -0.4 is 16.6 Å². The van der Waals surface area contributed by atoms with E-state index in [-0.39, 0.29) is 23.7 Å². The van der Waals surface area contributed by atoms with E-state index in [0.717, 1.165) is 4.57 Å². The molecule has 7 nitrogen and oxygen atoms in total. The summed E-state index contributed by atoms with van der Waals surface area (Å²) in [7, 11) is 6.42. The lowest BCUT2D eigenvalue weighted by Gasteiger charge is -2.17. The number of carbonyl (C=O) groups is 1. The summed E-state index contributed by atoms with van der Waals surface area (Å²) in [4.78, 5) is 36.7. The third kappa shape index (κ3) is 3.54. The monoisotopic (exact) mass is 268 g/mol. The average Bonchev–Trinajstić information content (AvgIpc) is 2.39. The Kier molecular flexibility index (Phi) is 5.05. The van der Waals surface area contributed by atoms with Gasteiger partial charge in [0, 0.05) is 40.3 Å². The maximum atomic E-state index is 11.9. The molecule has 0 bridgehead atoms. The third-order valence-electron chi connectivity index (χ3n) is 2.94. The van der Waals surface area contributed by atoms with Crippen molar-refractivity contribution in [3.05, 3.63) is 32.6 Å². The summed E-state index contributed by atoms with van der Waals surface area (Å²) in [6.45, 7) is 0.789. The van der Waals surface area contributed by atoms with E-state index in [4.69, 9.17) is 0 Å². The minimum Gasteiger partial charge on any atom is -0.341 e. The van der Waals surface area contributed by atoms with Gasteiger partial charge in [0.2, 0.25) is 5.91 Å². The maximum Gasteiger partial charge on any atom is 0.330 e. The van der Waals surface area contributed by atoms with E-state index >= 15 is 0 Å². The van der Waals surface area contributed by atoms with Crippen molar-refractivity contribution in [3.8, 4) is 0 Å². The molecule has 1 aromatic heterocycles. The molecule has 0 saturated heterocycles.